The number of thiophene rings is 1. The SMILES string of the molecule is COc1ccc(C(=O)N(C)CC(=O)N2N=C(c3cccs3)C[C@H]2c2ccc(C)cc2)cc1. The molecule has 0 spiro atoms. The van der Waals surface area contributed by atoms with E-state index in [0.29, 0.717) is 17.7 Å². The van der Waals surface area contributed by atoms with Crippen LogP contribution in [-0.2, 0) is 4.79 Å². The first-order chi connectivity index (χ1) is 15.5. The van der Waals surface area contributed by atoms with Crippen LogP contribution in [0.25, 0.3) is 0 Å². The van der Waals surface area contributed by atoms with Crippen LogP contribution in [0.15, 0.2) is 71.1 Å². The van der Waals surface area contributed by atoms with Crippen LogP contribution in [0.3, 0.4) is 0 Å². The summed E-state index contributed by atoms with van der Waals surface area (Å²) >= 11 is 1.61. The first kappa shape index (κ1) is 21.8. The van der Waals surface area contributed by atoms with Gasteiger partial charge in [0.2, 0.25) is 0 Å². The standard InChI is InChI=1S/C25H25N3O3S/c1-17-6-8-18(9-7-17)22-15-21(23-5-4-14-32-23)26-28(22)24(29)16-27(2)25(30)19-10-12-20(31-3)13-11-19/h4-14,22H,15-16H2,1-3H3/t22-/m0/s1. The van der Waals surface area contributed by atoms with Crippen molar-refractivity contribution in [2.75, 3.05) is 20.7 Å². The predicted molar refractivity (Wildman–Crippen MR) is 126 cm³/mol. The zero-order chi connectivity index (χ0) is 22.7. The third-order valence-electron chi connectivity index (χ3n) is 5.49. The Morgan fingerprint density at radius 1 is 1.12 bits per heavy atom. The number of likely N-dealkylation sites (N-methyl/N-ethyl adjacent to an activating group) is 1. The number of hydrogen-bond acceptors (Lipinski definition) is 5. The molecule has 2 amide bonds. The van der Waals surface area contributed by atoms with Crippen LogP contribution in [0.4, 0.5) is 0 Å². The van der Waals surface area contributed by atoms with Crippen molar-refractivity contribution >= 4 is 28.9 Å². The van der Waals surface area contributed by atoms with Crippen LogP contribution in [0, 0.1) is 6.92 Å². The molecule has 0 N–H and O–H groups in total. The monoisotopic (exact) mass is 447 g/mol. The summed E-state index contributed by atoms with van der Waals surface area (Å²) in [5.74, 6) is 0.231. The molecule has 1 aliphatic rings. The van der Waals surface area contributed by atoms with Crippen molar-refractivity contribution in [3.8, 4) is 5.75 Å². The number of aryl methyl sites for hydroxylation is 1. The molecule has 0 bridgehead atoms. The van der Waals surface area contributed by atoms with E-state index in [1.807, 2.05) is 48.7 Å². The van der Waals surface area contributed by atoms with Crippen LogP contribution in [0.2, 0.25) is 0 Å². The highest BCUT2D eigenvalue weighted by Gasteiger charge is 2.34. The van der Waals surface area contributed by atoms with E-state index in [4.69, 9.17) is 4.74 Å². The van der Waals surface area contributed by atoms with Crippen molar-refractivity contribution in [2.24, 2.45) is 5.10 Å². The zero-order valence-corrected chi connectivity index (χ0v) is 19.1. The lowest BCUT2D eigenvalue weighted by atomic mass is 10.00. The van der Waals surface area contributed by atoms with Gasteiger partial charge >= 0.3 is 0 Å². The second kappa shape index (κ2) is 9.36. The van der Waals surface area contributed by atoms with Crippen LogP contribution in [0.1, 0.15) is 38.8 Å². The summed E-state index contributed by atoms with van der Waals surface area (Å²) in [5, 5.41) is 8.22. The van der Waals surface area contributed by atoms with Gasteiger partial charge < -0.3 is 9.64 Å². The van der Waals surface area contributed by atoms with Crippen molar-refractivity contribution in [3.63, 3.8) is 0 Å². The minimum absolute atomic E-state index is 0.0611. The molecule has 0 unspecified atom stereocenters. The molecule has 1 aliphatic heterocycles. The van der Waals surface area contributed by atoms with Gasteiger partial charge in [-0.25, -0.2) is 5.01 Å². The summed E-state index contributed by atoms with van der Waals surface area (Å²) in [6.07, 6.45) is 0.644. The molecule has 4 rings (SSSR count). The fourth-order valence-corrected chi connectivity index (χ4v) is 4.40. The number of hydrogen-bond donors (Lipinski definition) is 0. The van der Waals surface area contributed by atoms with Crippen molar-refractivity contribution in [1.29, 1.82) is 0 Å². The lowest BCUT2D eigenvalue weighted by Crippen LogP contribution is -2.39. The number of rotatable bonds is 6. The Kier molecular flexibility index (Phi) is 6.37. The highest BCUT2D eigenvalue weighted by molar-refractivity contribution is 7.12. The number of amides is 2. The van der Waals surface area contributed by atoms with Gasteiger partial charge in [0, 0.05) is 19.0 Å². The van der Waals surface area contributed by atoms with E-state index >= 15 is 0 Å². The first-order valence-electron chi connectivity index (χ1n) is 10.4. The fraction of sp³-hybridized carbons (Fsp3) is 0.240. The summed E-state index contributed by atoms with van der Waals surface area (Å²) < 4.78 is 5.14. The maximum absolute atomic E-state index is 13.3. The Labute approximate surface area is 191 Å². The average Bonchev–Trinajstić information content (AvgIpc) is 3.49. The molecule has 2 heterocycles. The van der Waals surface area contributed by atoms with Crippen LogP contribution in [-0.4, -0.2) is 48.1 Å². The lowest BCUT2D eigenvalue weighted by molar-refractivity contribution is -0.133. The van der Waals surface area contributed by atoms with Crippen molar-refractivity contribution in [2.45, 2.75) is 19.4 Å². The molecule has 2 aromatic carbocycles. The van der Waals surface area contributed by atoms with E-state index in [9.17, 15) is 9.59 Å². The maximum atomic E-state index is 13.3. The smallest absolute Gasteiger partial charge is 0.262 e. The van der Waals surface area contributed by atoms with Crippen molar-refractivity contribution in [1.82, 2.24) is 9.91 Å². The van der Waals surface area contributed by atoms with Crippen molar-refractivity contribution < 1.29 is 14.3 Å². The van der Waals surface area contributed by atoms with E-state index in [1.54, 1.807) is 49.8 Å². The number of carbonyl (C=O) groups is 2. The summed E-state index contributed by atoms with van der Waals surface area (Å²) in [6, 6.07) is 18.8. The molecule has 3 aromatic rings. The van der Waals surface area contributed by atoms with Gasteiger partial charge in [-0.05, 0) is 48.2 Å². The Morgan fingerprint density at radius 3 is 2.47 bits per heavy atom. The van der Waals surface area contributed by atoms with Gasteiger partial charge in [0.15, 0.2) is 0 Å². The minimum atomic E-state index is -0.227. The summed E-state index contributed by atoms with van der Waals surface area (Å²) in [4.78, 5) is 28.6. The molecule has 0 radical (unpaired) electrons. The Balaban J connectivity index is 1.54. The molecule has 0 aliphatic carbocycles. The van der Waals surface area contributed by atoms with Gasteiger partial charge in [0.25, 0.3) is 11.8 Å². The molecule has 164 valence electrons. The van der Waals surface area contributed by atoms with Gasteiger partial charge in [-0.2, -0.15) is 5.10 Å². The number of carbonyl (C=O) groups excluding carboxylic acids is 2. The Bertz CT molecular complexity index is 1120. The van der Waals surface area contributed by atoms with E-state index in [-0.39, 0.29) is 24.4 Å². The number of methoxy groups -OCH3 is 1. The molecule has 7 heteroatoms. The van der Waals surface area contributed by atoms with E-state index in [1.165, 1.54) is 9.91 Å². The molecular formula is C25H25N3O3S. The molecular weight excluding hydrogens is 422 g/mol. The summed E-state index contributed by atoms with van der Waals surface area (Å²) in [5.41, 5.74) is 3.58. The summed E-state index contributed by atoms with van der Waals surface area (Å²) in [7, 11) is 3.21. The predicted octanol–water partition coefficient (Wildman–Crippen LogP) is 4.52. The number of benzene rings is 2. The maximum Gasteiger partial charge on any atom is 0.262 e. The number of hydrazone groups is 1. The van der Waals surface area contributed by atoms with Gasteiger partial charge in [0.1, 0.15) is 12.3 Å². The van der Waals surface area contributed by atoms with E-state index in [0.717, 1.165) is 21.7 Å². The quantitative estimate of drug-likeness (QED) is 0.558. The zero-order valence-electron chi connectivity index (χ0n) is 18.3. The fourth-order valence-electron chi connectivity index (χ4n) is 3.68. The van der Waals surface area contributed by atoms with E-state index < -0.39 is 0 Å². The highest BCUT2D eigenvalue weighted by atomic mass is 32.1. The molecule has 0 saturated heterocycles. The summed E-state index contributed by atoms with van der Waals surface area (Å²) in [6.45, 7) is 1.98. The topological polar surface area (TPSA) is 62.2 Å². The van der Waals surface area contributed by atoms with Crippen LogP contribution < -0.4 is 4.74 Å². The average molecular weight is 448 g/mol. The van der Waals surface area contributed by atoms with E-state index in [2.05, 4.69) is 5.10 Å². The number of nitrogens with zero attached hydrogens (tertiary/aromatic N) is 3. The van der Waals surface area contributed by atoms with Gasteiger partial charge in [-0.15, -0.1) is 11.3 Å². The molecule has 6 nitrogen and oxygen atoms in total. The van der Waals surface area contributed by atoms with Crippen molar-refractivity contribution in [3.05, 3.63) is 87.6 Å². The Hall–Kier alpha value is -3.45. The second-order valence-corrected chi connectivity index (χ2v) is 8.73. The van der Waals surface area contributed by atoms with Gasteiger partial charge in [0.05, 0.1) is 23.7 Å². The third kappa shape index (κ3) is 4.57. The second-order valence-electron chi connectivity index (χ2n) is 7.78. The normalized spacial score (nSPS) is 15.4. The van der Waals surface area contributed by atoms with Crippen LogP contribution in [0.5, 0.6) is 5.75 Å². The third-order valence-corrected chi connectivity index (χ3v) is 6.41. The lowest BCUT2D eigenvalue weighted by Gasteiger charge is -2.25. The minimum Gasteiger partial charge on any atom is -0.497 e. The largest absolute Gasteiger partial charge is 0.497 e. The molecule has 32 heavy (non-hydrogen) atoms. The molecule has 1 atom stereocenters. The van der Waals surface area contributed by atoms with Gasteiger partial charge in [-0.3, -0.25) is 9.59 Å². The molecule has 0 fully saturated rings. The van der Waals surface area contributed by atoms with Gasteiger partial charge in [-0.1, -0.05) is 35.9 Å². The first-order valence-corrected chi connectivity index (χ1v) is 11.2. The molecule has 1 aromatic heterocycles. The van der Waals surface area contributed by atoms with Crippen LogP contribution >= 0.6 is 11.3 Å². The highest BCUT2D eigenvalue weighted by Crippen LogP contribution is 2.34. The Morgan fingerprint density at radius 2 is 1.84 bits per heavy atom. The molecule has 0 saturated carbocycles. The number of ether oxygens (including phenoxy) is 1.